The van der Waals surface area contributed by atoms with Crippen molar-refractivity contribution in [3.05, 3.63) is 72.3 Å². The minimum Gasteiger partial charge on any atom is -0.497 e. The van der Waals surface area contributed by atoms with E-state index in [1.807, 2.05) is 6.07 Å². The van der Waals surface area contributed by atoms with Gasteiger partial charge in [0.2, 0.25) is 15.9 Å². The molecule has 1 saturated heterocycles. The zero-order valence-electron chi connectivity index (χ0n) is 18.9. The van der Waals surface area contributed by atoms with Gasteiger partial charge >= 0.3 is 0 Å². The second-order valence-electron chi connectivity index (χ2n) is 8.39. The number of nitrogens with one attached hydrogen (secondary N) is 1. The minimum atomic E-state index is -3.56. The molecule has 3 aromatic rings. The van der Waals surface area contributed by atoms with Gasteiger partial charge in [-0.3, -0.25) is 4.79 Å². The molecule has 6 nitrogen and oxygen atoms in total. The molecule has 1 amide bonds. The number of amides is 1. The van der Waals surface area contributed by atoms with Crippen LogP contribution in [0.5, 0.6) is 5.75 Å². The average molecular weight is 467 g/mol. The van der Waals surface area contributed by atoms with Gasteiger partial charge in [-0.05, 0) is 66.3 Å². The van der Waals surface area contributed by atoms with Gasteiger partial charge in [-0.2, -0.15) is 4.31 Å². The molecule has 0 bridgehead atoms. The summed E-state index contributed by atoms with van der Waals surface area (Å²) in [6.07, 6.45) is 2.83. The number of carbonyl (C=O) groups is 1. The second kappa shape index (κ2) is 10.4. The number of carbonyl (C=O) groups excluding carboxylic acids is 1. The third-order valence-corrected chi connectivity index (χ3v) is 8.24. The van der Waals surface area contributed by atoms with Crippen LogP contribution in [-0.2, 0) is 21.2 Å². The topological polar surface area (TPSA) is 75.7 Å². The maximum absolute atomic E-state index is 12.9. The number of hydrogen-bond acceptors (Lipinski definition) is 4. The van der Waals surface area contributed by atoms with Gasteiger partial charge in [-0.1, -0.05) is 42.5 Å². The van der Waals surface area contributed by atoms with E-state index >= 15 is 0 Å². The summed E-state index contributed by atoms with van der Waals surface area (Å²) < 4.78 is 32.3. The van der Waals surface area contributed by atoms with E-state index in [4.69, 9.17) is 4.74 Å². The normalized spacial score (nSPS) is 15.4. The Labute approximate surface area is 195 Å². The van der Waals surface area contributed by atoms with Gasteiger partial charge in [0.05, 0.1) is 12.0 Å². The van der Waals surface area contributed by atoms with Crippen molar-refractivity contribution < 1.29 is 17.9 Å². The first-order chi connectivity index (χ1) is 16.0. The van der Waals surface area contributed by atoms with Crippen molar-refractivity contribution in [2.45, 2.75) is 30.6 Å². The van der Waals surface area contributed by atoms with Crippen LogP contribution in [-0.4, -0.2) is 45.4 Å². The van der Waals surface area contributed by atoms with Crippen LogP contribution in [0.4, 0.5) is 0 Å². The monoisotopic (exact) mass is 466 g/mol. The molecule has 1 aliphatic heterocycles. The molecule has 1 fully saturated rings. The summed E-state index contributed by atoms with van der Waals surface area (Å²) >= 11 is 0. The quantitative estimate of drug-likeness (QED) is 0.509. The number of methoxy groups -OCH3 is 1. The van der Waals surface area contributed by atoms with E-state index in [0.29, 0.717) is 38.2 Å². The summed E-state index contributed by atoms with van der Waals surface area (Å²) in [7, 11) is -2.01. The number of benzene rings is 3. The molecule has 1 N–H and O–H groups in total. The fourth-order valence-electron chi connectivity index (χ4n) is 4.40. The molecule has 7 heteroatoms. The van der Waals surface area contributed by atoms with Gasteiger partial charge in [-0.25, -0.2) is 8.42 Å². The maximum atomic E-state index is 12.9. The van der Waals surface area contributed by atoms with E-state index in [-0.39, 0.29) is 16.7 Å². The summed E-state index contributed by atoms with van der Waals surface area (Å²) in [5.74, 6) is 0.490. The van der Waals surface area contributed by atoms with Crippen molar-refractivity contribution in [3.8, 4) is 5.75 Å². The number of piperidine rings is 1. The molecule has 1 heterocycles. The smallest absolute Gasteiger partial charge is 0.243 e. The first-order valence-corrected chi connectivity index (χ1v) is 12.8. The standard InChI is InChI=1S/C26H30N2O4S/c1-32-23-11-13-24(14-12-23)33(30,31)28-18-15-22(16-19-28)26(29)27-17-5-9-21-8-4-7-20-6-2-3-10-25(20)21/h2-4,6-8,10-14,22H,5,9,15-19H2,1H3,(H,27,29). The van der Waals surface area contributed by atoms with Gasteiger partial charge in [-0.15, -0.1) is 0 Å². The maximum Gasteiger partial charge on any atom is 0.243 e. The van der Waals surface area contributed by atoms with E-state index in [1.165, 1.54) is 20.6 Å². The van der Waals surface area contributed by atoms with Crippen LogP contribution in [0, 0.1) is 5.92 Å². The van der Waals surface area contributed by atoms with Crippen molar-refractivity contribution >= 4 is 26.7 Å². The van der Waals surface area contributed by atoms with Crippen molar-refractivity contribution in [1.82, 2.24) is 9.62 Å². The van der Waals surface area contributed by atoms with Crippen molar-refractivity contribution in [2.75, 3.05) is 26.7 Å². The van der Waals surface area contributed by atoms with Crippen LogP contribution in [0.25, 0.3) is 10.8 Å². The lowest BCUT2D eigenvalue weighted by Gasteiger charge is -2.30. The SMILES string of the molecule is COc1ccc(S(=O)(=O)N2CCC(C(=O)NCCCc3cccc4ccccc34)CC2)cc1. The Balaban J connectivity index is 1.24. The van der Waals surface area contributed by atoms with Crippen molar-refractivity contribution in [3.63, 3.8) is 0 Å². The molecule has 0 spiro atoms. The van der Waals surface area contributed by atoms with Gasteiger partial charge < -0.3 is 10.1 Å². The average Bonchev–Trinajstić information content (AvgIpc) is 2.86. The molecule has 0 aliphatic carbocycles. The number of aryl methyl sites for hydroxylation is 1. The Morgan fingerprint density at radius 2 is 1.70 bits per heavy atom. The molecule has 33 heavy (non-hydrogen) atoms. The zero-order valence-corrected chi connectivity index (χ0v) is 19.7. The first kappa shape index (κ1) is 23.3. The van der Waals surface area contributed by atoms with E-state index in [2.05, 4.69) is 41.7 Å². The summed E-state index contributed by atoms with van der Waals surface area (Å²) in [5, 5.41) is 5.54. The summed E-state index contributed by atoms with van der Waals surface area (Å²) in [6.45, 7) is 1.32. The first-order valence-electron chi connectivity index (χ1n) is 11.4. The third kappa shape index (κ3) is 5.37. The fraction of sp³-hybridized carbons (Fsp3) is 0.346. The predicted octanol–water partition coefficient (Wildman–Crippen LogP) is 4.00. The molecular weight excluding hydrogens is 436 g/mol. The number of fused-ring (bicyclic) bond motifs is 1. The van der Waals surface area contributed by atoms with Crippen LogP contribution < -0.4 is 10.1 Å². The lowest BCUT2D eigenvalue weighted by atomic mass is 9.97. The molecule has 3 aromatic carbocycles. The molecule has 174 valence electrons. The van der Waals surface area contributed by atoms with Gasteiger partial charge in [0, 0.05) is 25.6 Å². The Hall–Kier alpha value is -2.90. The molecule has 0 radical (unpaired) electrons. The Bertz CT molecular complexity index is 1200. The van der Waals surface area contributed by atoms with E-state index in [0.717, 1.165) is 12.8 Å². The Morgan fingerprint density at radius 1 is 1.00 bits per heavy atom. The molecule has 1 aliphatic rings. The molecular formula is C26H30N2O4S. The largest absolute Gasteiger partial charge is 0.497 e. The summed E-state index contributed by atoms with van der Waals surface area (Å²) in [4.78, 5) is 12.9. The predicted molar refractivity (Wildman–Crippen MR) is 130 cm³/mol. The van der Waals surface area contributed by atoms with Gasteiger partial charge in [0.25, 0.3) is 0 Å². The molecule has 0 aromatic heterocycles. The van der Waals surface area contributed by atoms with Crippen molar-refractivity contribution in [1.29, 1.82) is 0 Å². The number of ether oxygens (including phenoxy) is 1. The van der Waals surface area contributed by atoms with Crippen LogP contribution in [0.3, 0.4) is 0 Å². The zero-order chi connectivity index (χ0) is 23.3. The highest BCUT2D eigenvalue weighted by Gasteiger charge is 2.32. The minimum absolute atomic E-state index is 0.0226. The number of rotatable bonds is 8. The number of sulfonamides is 1. The van der Waals surface area contributed by atoms with Crippen LogP contribution >= 0.6 is 0 Å². The van der Waals surface area contributed by atoms with E-state index in [9.17, 15) is 13.2 Å². The highest BCUT2D eigenvalue weighted by molar-refractivity contribution is 7.89. The van der Waals surface area contributed by atoms with E-state index < -0.39 is 10.0 Å². The second-order valence-corrected chi connectivity index (χ2v) is 10.3. The van der Waals surface area contributed by atoms with Crippen LogP contribution in [0.1, 0.15) is 24.8 Å². The summed E-state index contributed by atoms with van der Waals surface area (Å²) in [6, 6.07) is 21.1. The Morgan fingerprint density at radius 3 is 2.42 bits per heavy atom. The summed E-state index contributed by atoms with van der Waals surface area (Å²) in [5.41, 5.74) is 1.29. The molecule has 0 saturated carbocycles. The lowest BCUT2D eigenvalue weighted by Crippen LogP contribution is -2.43. The molecule has 0 unspecified atom stereocenters. The molecule has 4 rings (SSSR count). The van der Waals surface area contributed by atoms with Crippen molar-refractivity contribution in [2.24, 2.45) is 5.92 Å². The Kier molecular flexibility index (Phi) is 7.30. The highest BCUT2D eigenvalue weighted by atomic mass is 32.2. The van der Waals surface area contributed by atoms with E-state index in [1.54, 1.807) is 31.4 Å². The lowest BCUT2D eigenvalue weighted by molar-refractivity contribution is -0.126. The van der Waals surface area contributed by atoms with Gasteiger partial charge in [0.1, 0.15) is 5.75 Å². The van der Waals surface area contributed by atoms with Crippen LogP contribution in [0.15, 0.2) is 71.6 Å². The number of hydrogen-bond donors (Lipinski definition) is 1. The van der Waals surface area contributed by atoms with Gasteiger partial charge in [0.15, 0.2) is 0 Å². The van der Waals surface area contributed by atoms with Crippen LogP contribution in [0.2, 0.25) is 0 Å². The third-order valence-electron chi connectivity index (χ3n) is 6.32. The molecule has 0 atom stereocenters. The fourth-order valence-corrected chi connectivity index (χ4v) is 5.87. The highest BCUT2D eigenvalue weighted by Crippen LogP contribution is 2.25. The number of nitrogens with zero attached hydrogens (tertiary/aromatic N) is 1.